The molecule has 0 spiro atoms. The Kier molecular flexibility index (Phi) is 5.53. The van der Waals surface area contributed by atoms with Crippen molar-refractivity contribution in [2.45, 2.75) is 13.5 Å². The maximum Gasteiger partial charge on any atom is 0.255 e. The third-order valence-electron chi connectivity index (χ3n) is 3.81. The van der Waals surface area contributed by atoms with Crippen molar-refractivity contribution in [3.05, 3.63) is 72.1 Å². The maximum absolute atomic E-state index is 12.6. The molecule has 2 aromatic carbocycles. The van der Waals surface area contributed by atoms with Crippen molar-refractivity contribution in [1.82, 2.24) is 9.78 Å². The van der Waals surface area contributed by atoms with Gasteiger partial charge in [-0.3, -0.25) is 9.48 Å². The van der Waals surface area contributed by atoms with Crippen LogP contribution in [-0.2, 0) is 6.54 Å². The smallest absolute Gasteiger partial charge is 0.255 e. The predicted octanol–water partition coefficient (Wildman–Crippen LogP) is 3.59. The lowest BCUT2D eigenvalue weighted by atomic mass is 10.1. The average Bonchev–Trinajstić information content (AvgIpc) is 3.15. The maximum atomic E-state index is 12.6. The normalized spacial score (nSPS) is 10.4. The number of nitrogens with zero attached hydrogens (tertiary/aromatic N) is 2. The van der Waals surface area contributed by atoms with Gasteiger partial charge in [0.1, 0.15) is 0 Å². The topological polar surface area (TPSA) is 65.4 Å². The van der Waals surface area contributed by atoms with Gasteiger partial charge in [-0.05, 0) is 48.9 Å². The third-order valence-corrected chi connectivity index (χ3v) is 3.81. The van der Waals surface area contributed by atoms with E-state index in [1.165, 1.54) is 0 Å². The zero-order valence-electron chi connectivity index (χ0n) is 14.8. The number of methoxy groups -OCH3 is 1. The Morgan fingerprint density at radius 2 is 2.04 bits per heavy atom. The van der Waals surface area contributed by atoms with Crippen LogP contribution in [0.25, 0.3) is 0 Å². The van der Waals surface area contributed by atoms with Crippen LogP contribution in [0.5, 0.6) is 11.5 Å². The Morgan fingerprint density at radius 3 is 2.77 bits per heavy atom. The van der Waals surface area contributed by atoms with Crippen molar-refractivity contribution < 1.29 is 14.3 Å². The van der Waals surface area contributed by atoms with Crippen molar-refractivity contribution in [2.75, 3.05) is 19.0 Å². The van der Waals surface area contributed by atoms with Crippen LogP contribution in [0, 0.1) is 0 Å². The van der Waals surface area contributed by atoms with Gasteiger partial charge < -0.3 is 14.8 Å². The molecule has 6 heteroatoms. The van der Waals surface area contributed by atoms with E-state index in [0.29, 0.717) is 30.2 Å². The number of anilines is 1. The highest BCUT2D eigenvalue weighted by molar-refractivity contribution is 6.04. The molecule has 0 aliphatic heterocycles. The Hall–Kier alpha value is -3.28. The standard InChI is InChI=1S/C20H21N3O3/c1-3-26-18-9-8-16(13-19(18)25-2)20(24)22-17-7-4-6-15(12-17)14-23-11-5-10-21-23/h4-13H,3,14H2,1-2H3,(H,22,24). The summed E-state index contributed by atoms with van der Waals surface area (Å²) in [4.78, 5) is 12.6. The number of ether oxygens (including phenoxy) is 2. The molecule has 1 aromatic heterocycles. The summed E-state index contributed by atoms with van der Waals surface area (Å²) in [5.74, 6) is 0.947. The molecule has 1 heterocycles. The molecule has 0 radical (unpaired) electrons. The van der Waals surface area contributed by atoms with Gasteiger partial charge in [0, 0.05) is 23.6 Å². The van der Waals surface area contributed by atoms with Gasteiger partial charge in [0.15, 0.2) is 11.5 Å². The van der Waals surface area contributed by atoms with E-state index in [9.17, 15) is 4.79 Å². The Labute approximate surface area is 152 Å². The van der Waals surface area contributed by atoms with Crippen LogP contribution in [-0.4, -0.2) is 29.4 Å². The second kappa shape index (κ2) is 8.20. The second-order valence-electron chi connectivity index (χ2n) is 5.66. The Bertz CT molecular complexity index is 876. The summed E-state index contributed by atoms with van der Waals surface area (Å²) < 4.78 is 12.6. The third kappa shape index (κ3) is 4.22. The minimum absolute atomic E-state index is 0.206. The average molecular weight is 351 g/mol. The monoisotopic (exact) mass is 351 g/mol. The van der Waals surface area contributed by atoms with Gasteiger partial charge in [-0.15, -0.1) is 0 Å². The molecule has 134 valence electrons. The minimum atomic E-state index is -0.206. The molecule has 0 bridgehead atoms. The van der Waals surface area contributed by atoms with Gasteiger partial charge in [0.05, 0.1) is 20.3 Å². The number of carbonyl (C=O) groups is 1. The fourth-order valence-corrected chi connectivity index (χ4v) is 2.62. The molecular weight excluding hydrogens is 330 g/mol. The molecule has 0 saturated carbocycles. The number of hydrogen-bond acceptors (Lipinski definition) is 4. The fraction of sp³-hybridized carbons (Fsp3) is 0.200. The van der Waals surface area contributed by atoms with E-state index in [1.807, 2.05) is 48.1 Å². The number of nitrogens with one attached hydrogen (secondary N) is 1. The van der Waals surface area contributed by atoms with Crippen LogP contribution in [0.15, 0.2) is 60.9 Å². The van der Waals surface area contributed by atoms with Crippen molar-refractivity contribution >= 4 is 11.6 Å². The van der Waals surface area contributed by atoms with Crippen molar-refractivity contribution in [1.29, 1.82) is 0 Å². The summed E-state index contributed by atoms with van der Waals surface area (Å²) in [7, 11) is 1.55. The lowest BCUT2D eigenvalue weighted by molar-refractivity contribution is 0.102. The molecule has 3 rings (SSSR count). The summed E-state index contributed by atoms with van der Waals surface area (Å²) in [5.41, 5.74) is 2.28. The first-order valence-electron chi connectivity index (χ1n) is 8.38. The summed E-state index contributed by atoms with van der Waals surface area (Å²) in [5, 5.41) is 7.11. The number of benzene rings is 2. The van der Waals surface area contributed by atoms with Gasteiger partial charge in [-0.25, -0.2) is 0 Å². The van der Waals surface area contributed by atoms with E-state index in [-0.39, 0.29) is 5.91 Å². The number of hydrogen-bond donors (Lipinski definition) is 1. The first kappa shape index (κ1) is 17.5. The molecule has 0 unspecified atom stereocenters. The van der Waals surface area contributed by atoms with Crippen molar-refractivity contribution in [3.8, 4) is 11.5 Å². The first-order valence-corrected chi connectivity index (χ1v) is 8.38. The molecule has 0 atom stereocenters. The summed E-state index contributed by atoms with van der Waals surface area (Å²) in [6, 6.07) is 14.7. The molecule has 1 N–H and O–H groups in total. The number of carbonyl (C=O) groups excluding carboxylic acids is 1. The molecule has 3 aromatic rings. The summed E-state index contributed by atoms with van der Waals surface area (Å²) >= 11 is 0. The van der Waals surface area contributed by atoms with Gasteiger partial charge in [-0.2, -0.15) is 5.10 Å². The lowest BCUT2D eigenvalue weighted by Gasteiger charge is -2.12. The van der Waals surface area contributed by atoms with E-state index >= 15 is 0 Å². The number of aromatic nitrogens is 2. The molecule has 6 nitrogen and oxygen atoms in total. The van der Waals surface area contributed by atoms with Gasteiger partial charge >= 0.3 is 0 Å². The highest BCUT2D eigenvalue weighted by atomic mass is 16.5. The van der Waals surface area contributed by atoms with E-state index < -0.39 is 0 Å². The molecule has 26 heavy (non-hydrogen) atoms. The predicted molar refractivity (Wildman–Crippen MR) is 99.9 cm³/mol. The number of rotatable bonds is 7. The van der Waals surface area contributed by atoms with Crippen LogP contribution in [0.3, 0.4) is 0 Å². The molecule has 0 aliphatic rings. The Balaban J connectivity index is 1.73. The summed E-state index contributed by atoms with van der Waals surface area (Å²) in [6.45, 7) is 3.08. The van der Waals surface area contributed by atoms with Crippen LogP contribution >= 0.6 is 0 Å². The second-order valence-corrected chi connectivity index (χ2v) is 5.66. The number of amides is 1. The minimum Gasteiger partial charge on any atom is -0.493 e. The summed E-state index contributed by atoms with van der Waals surface area (Å²) in [6.07, 6.45) is 3.64. The zero-order valence-corrected chi connectivity index (χ0v) is 14.8. The van der Waals surface area contributed by atoms with Gasteiger partial charge in [0.2, 0.25) is 0 Å². The largest absolute Gasteiger partial charge is 0.493 e. The van der Waals surface area contributed by atoms with E-state index in [4.69, 9.17) is 9.47 Å². The van der Waals surface area contributed by atoms with Crippen molar-refractivity contribution in [3.63, 3.8) is 0 Å². The van der Waals surface area contributed by atoms with Gasteiger partial charge in [-0.1, -0.05) is 12.1 Å². The van der Waals surface area contributed by atoms with Crippen LogP contribution < -0.4 is 14.8 Å². The van der Waals surface area contributed by atoms with E-state index in [0.717, 1.165) is 11.3 Å². The van der Waals surface area contributed by atoms with E-state index in [2.05, 4.69) is 10.4 Å². The zero-order chi connectivity index (χ0) is 18.4. The molecule has 0 aliphatic carbocycles. The quantitative estimate of drug-likeness (QED) is 0.706. The van der Waals surface area contributed by atoms with Crippen LogP contribution in [0.4, 0.5) is 5.69 Å². The van der Waals surface area contributed by atoms with Gasteiger partial charge in [0.25, 0.3) is 5.91 Å². The Morgan fingerprint density at radius 1 is 1.15 bits per heavy atom. The van der Waals surface area contributed by atoms with Crippen LogP contribution in [0.2, 0.25) is 0 Å². The lowest BCUT2D eigenvalue weighted by Crippen LogP contribution is -2.12. The SMILES string of the molecule is CCOc1ccc(C(=O)Nc2cccc(Cn3cccn3)c2)cc1OC. The molecule has 0 saturated heterocycles. The molecular formula is C20H21N3O3. The van der Waals surface area contributed by atoms with E-state index in [1.54, 1.807) is 31.5 Å². The van der Waals surface area contributed by atoms with Crippen LogP contribution in [0.1, 0.15) is 22.8 Å². The first-order chi connectivity index (χ1) is 12.7. The highest BCUT2D eigenvalue weighted by Crippen LogP contribution is 2.28. The molecule has 0 fully saturated rings. The highest BCUT2D eigenvalue weighted by Gasteiger charge is 2.11. The fourth-order valence-electron chi connectivity index (χ4n) is 2.62. The molecule has 1 amide bonds. The van der Waals surface area contributed by atoms with Crippen molar-refractivity contribution in [2.24, 2.45) is 0 Å².